The summed E-state index contributed by atoms with van der Waals surface area (Å²) in [5.41, 5.74) is 0.442. The molecule has 168 valence electrons. The fourth-order valence-corrected chi connectivity index (χ4v) is 3.25. The molecule has 2 N–H and O–H groups in total. The Morgan fingerprint density at radius 2 is 1.78 bits per heavy atom. The Balaban J connectivity index is 1.66. The van der Waals surface area contributed by atoms with Gasteiger partial charge in [0.2, 0.25) is 6.79 Å². The third kappa shape index (κ3) is 5.47. The summed E-state index contributed by atoms with van der Waals surface area (Å²) >= 11 is 0. The average molecular weight is 440 g/mol. The summed E-state index contributed by atoms with van der Waals surface area (Å²) in [7, 11) is -1.30. The maximum absolute atomic E-state index is 12.5. The van der Waals surface area contributed by atoms with Gasteiger partial charge in [0, 0.05) is 17.8 Å². The molecule has 2 aromatic rings. The van der Waals surface area contributed by atoms with Crippen molar-refractivity contribution in [3.63, 3.8) is 0 Å². The molecule has 0 aromatic heterocycles. The first-order chi connectivity index (χ1) is 15.1. The molecular weight excluding hydrogens is 415 g/mol. The van der Waals surface area contributed by atoms with Crippen LogP contribution in [0.2, 0.25) is 5.82 Å². The summed E-state index contributed by atoms with van der Waals surface area (Å²) in [6.45, 7) is 4.51. The van der Waals surface area contributed by atoms with Crippen LogP contribution in [0.1, 0.15) is 53.5 Å². The predicted molar refractivity (Wildman–Crippen MR) is 115 cm³/mol. The van der Waals surface area contributed by atoms with Crippen LogP contribution in [0.25, 0.3) is 0 Å². The van der Waals surface area contributed by atoms with E-state index < -0.39 is 37.1 Å². The van der Waals surface area contributed by atoms with Crippen LogP contribution in [0.15, 0.2) is 42.5 Å². The van der Waals surface area contributed by atoms with Gasteiger partial charge in [-0.05, 0) is 63.1 Å². The number of esters is 2. The van der Waals surface area contributed by atoms with Gasteiger partial charge in [-0.15, -0.1) is 0 Å². The van der Waals surface area contributed by atoms with Gasteiger partial charge in [0.15, 0.2) is 5.78 Å². The molecule has 32 heavy (non-hydrogen) atoms. The number of hydrogen-bond acceptors (Lipinski definition) is 8. The second-order valence-corrected chi connectivity index (χ2v) is 8.67. The molecule has 0 bridgehead atoms. The standard InChI is InChI=1S/C23H25BO8/c1-23(2,3)22(28)31-13-30-21(27)18-6-4-5-15-11-16(24(29)32-20(15)18)12-19(26)14-7-9-17(25)10-8-14/h4-10,16,25,29H,11-13H2,1-3H3/t16-/m1/s1. The second kappa shape index (κ2) is 9.44. The van der Waals surface area contributed by atoms with Gasteiger partial charge in [-0.1, -0.05) is 12.1 Å². The van der Waals surface area contributed by atoms with Gasteiger partial charge in [-0.2, -0.15) is 0 Å². The molecular formula is C23H25BO8. The number of carbonyl (C=O) groups excluding carboxylic acids is 3. The summed E-state index contributed by atoms with van der Waals surface area (Å²) in [6.07, 6.45) is 0.350. The van der Waals surface area contributed by atoms with Crippen LogP contribution in [0.4, 0.5) is 0 Å². The smallest absolute Gasteiger partial charge is 0.526 e. The summed E-state index contributed by atoms with van der Waals surface area (Å²) in [5.74, 6) is -1.73. The van der Waals surface area contributed by atoms with Crippen LogP contribution in [0, 0.1) is 5.41 Å². The molecule has 0 saturated heterocycles. The Hall–Kier alpha value is -3.33. The number of Topliss-reactive ketones (excluding diaryl/α,β-unsaturated/α-hetero) is 1. The van der Waals surface area contributed by atoms with E-state index in [2.05, 4.69) is 0 Å². The average Bonchev–Trinajstić information content (AvgIpc) is 2.73. The first kappa shape index (κ1) is 23.3. The summed E-state index contributed by atoms with van der Waals surface area (Å²) < 4.78 is 15.6. The molecule has 1 aliphatic heterocycles. The zero-order chi connectivity index (χ0) is 23.5. The van der Waals surface area contributed by atoms with Gasteiger partial charge in [0.1, 0.15) is 17.1 Å². The molecule has 3 rings (SSSR count). The lowest BCUT2D eigenvalue weighted by Crippen LogP contribution is -2.36. The minimum absolute atomic E-state index is 0.0306. The van der Waals surface area contributed by atoms with Crippen LogP contribution in [-0.4, -0.2) is 41.8 Å². The van der Waals surface area contributed by atoms with E-state index in [0.717, 1.165) is 0 Å². The Kier molecular flexibility index (Phi) is 6.88. The topological polar surface area (TPSA) is 119 Å². The van der Waals surface area contributed by atoms with Crippen LogP contribution in [-0.2, 0) is 20.7 Å². The van der Waals surface area contributed by atoms with Gasteiger partial charge in [0.25, 0.3) is 0 Å². The first-order valence-electron chi connectivity index (χ1n) is 10.2. The van der Waals surface area contributed by atoms with Crippen molar-refractivity contribution < 1.29 is 38.6 Å². The lowest BCUT2D eigenvalue weighted by molar-refractivity contribution is -0.161. The van der Waals surface area contributed by atoms with Crippen molar-refractivity contribution in [2.24, 2.45) is 5.41 Å². The van der Waals surface area contributed by atoms with Crippen molar-refractivity contribution in [2.75, 3.05) is 6.79 Å². The molecule has 0 unspecified atom stereocenters. The highest BCUT2D eigenvalue weighted by Crippen LogP contribution is 2.37. The lowest BCUT2D eigenvalue weighted by Gasteiger charge is -2.28. The zero-order valence-electron chi connectivity index (χ0n) is 18.2. The minimum atomic E-state index is -1.30. The molecule has 1 heterocycles. The molecule has 0 spiro atoms. The van der Waals surface area contributed by atoms with Crippen molar-refractivity contribution in [1.82, 2.24) is 0 Å². The quantitative estimate of drug-likeness (QED) is 0.304. The monoisotopic (exact) mass is 440 g/mol. The van der Waals surface area contributed by atoms with Crippen molar-refractivity contribution in [1.29, 1.82) is 0 Å². The Labute approximate surface area is 186 Å². The molecule has 0 aliphatic carbocycles. The van der Waals surface area contributed by atoms with Crippen LogP contribution in [0.5, 0.6) is 11.5 Å². The zero-order valence-corrected chi connectivity index (χ0v) is 18.2. The number of ketones is 1. The molecule has 8 nitrogen and oxygen atoms in total. The normalized spacial score (nSPS) is 15.4. The van der Waals surface area contributed by atoms with Gasteiger partial charge < -0.3 is 24.3 Å². The van der Waals surface area contributed by atoms with E-state index >= 15 is 0 Å². The molecule has 0 radical (unpaired) electrons. The van der Waals surface area contributed by atoms with Crippen molar-refractivity contribution in [3.05, 3.63) is 59.2 Å². The van der Waals surface area contributed by atoms with E-state index in [1.54, 1.807) is 32.9 Å². The van der Waals surface area contributed by atoms with E-state index in [4.69, 9.17) is 14.1 Å². The number of phenols is 1. The van der Waals surface area contributed by atoms with E-state index in [9.17, 15) is 24.5 Å². The molecule has 2 aromatic carbocycles. The predicted octanol–water partition coefficient (Wildman–Crippen LogP) is 3.15. The van der Waals surface area contributed by atoms with Crippen molar-refractivity contribution in [2.45, 2.75) is 39.4 Å². The number of phenolic OH excluding ortho intramolecular Hbond substituents is 1. The summed E-state index contributed by atoms with van der Waals surface area (Å²) in [6, 6.07) is 10.8. The Morgan fingerprint density at radius 1 is 1.09 bits per heavy atom. The summed E-state index contributed by atoms with van der Waals surface area (Å²) in [4.78, 5) is 36.8. The second-order valence-electron chi connectivity index (χ2n) is 8.67. The fraction of sp³-hybridized carbons (Fsp3) is 0.348. The van der Waals surface area contributed by atoms with E-state index in [-0.39, 0.29) is 29.3 Å². The number of carbonyl (C=O) groups is 3. The number of rotatable bonds is 6. The van der Waals surface area contributed by atoms with Gasteiger partial charge >= 0.3 is 19.1 Å². The summed E-state index contributed by atoms with van der Waals surface area (Å²) in [5, 5.41) is 19.8. The van der Waals surface area contributed by atoms with Gasteiger partial charge in [0.05, 0.1) is 5.41 Å². The van der Waals surface area contributed by atoms with Crippen molar-refractivity contribution in [3.8, 4) is 11.5 Å². The van der Waals surface area contributed by atoms with Crippen LogP contribution in [0.3, 0.4) is 0 Å². The molecule has 0 saturated carbocycles. The largest absolute Gasteiger partial charge is 0.535 e. The third-order valence-corrected chi connectivity index (χ3v) is 5.07. The third-order valence-electron chi connectivity index (χ3n) is 5.07. The number of aromatic hydroxyl groups is 1. The molecule has 0 amide bonds. The maximum Gasteiger partial charge on any atom is 0.526 e. The number of fused-ring (bicyclic) bond motifs is 1. The number of hydrogen-bond donors (Lipinski definition) is 2. The van der Waals surface area contributed by atoms with Crippen molar-refractivity contribution >= 4 is 24.8 Å². The highest BCUT2D eigenvalue weighted by molar-refractivity contribution is 6.47. The van der Waals surface area contributed by atoms with Gasteiger partial charge in [-0.25, -0.2) is 4.79 Å². The molecule has 1 aliphatic rings. The molecule has 0 fully saturated rings. The highest BCUT2D eigenvalue weighted by Gasteiger charge is 2.38. The highest BCUT2D eigenvalue weighted by atomic mass is 16.7. The number of benzene rings is 2. The Morgan fingerprint density at radius 3 is 2.44 bits per heavy atom. The first-order valence-corrected chi connectivity index (χ1v) is 10.2. The SMILES string of the molecule is CC(C)(C)C(=O)OCOC(=O)c1cccc2c1OB(O)[C@@H](CC(=O)c1ccc(O)cc1)C2. The maximum atomic E-state index is 12.5. The van der Waals surface area contributed by atoms with Crippen LogP contribution >= 0.6 is 0 Å². The molecule has 1 atom stereocenters. The minimum Gasteiger partial charge on any atom is -0.535 e. The van der Waals surface area contributed by atoms with E-state index in [0.29, 0.717) is 17.5 Å². The van der Waals surface area contributed by atoms with Gasteiger partial charge in [-0.3, -0.25) is 9.59 Å². The molecule has 9 heteroatoms. The number of ether oxygens (including phenoxy) is 2. The van der Waals surface area contributed by atoms with E-state index in [1.807, 2.05) is 0 Å². The van der Waals surface area contributed by atoms with E-state index in [1.165, 1.54) is 30.3 Å². The van der Waals surface area contributed by atoms with Crippen LogP contribution < -0.4 is 4.65 Å². The lowest BCUT2D eigenvalue weighted by atomic mass is 9.64. The fourth-order valence-electron chi connectivity index (χ4n) is 3.25. The Bertz CT molecular complexity index is 1010. The number of para-hydroxylation sites is 1.